The fourth-order valence-electron chi connectivity index (χ4n) is 3.21. The molecule has 4 rings (SSSR count). The van der Waals surface area contributed by atoms with Crippen LogP contribution >= 0.6 is 11.8 Å². The van der Waals surface area contributed by atoms with Crippen molar-refractivity contribution in [2.24, 2.45) is 0 Å². The zero-order valence-corrected chi connectivity index (χ0v) is 17.6. The Morgan fingerprint density at radius 3 is 2.71 bits per heavy atom. The summed E-state index contributed by atoms with van der Waals surface area (Å²) >= 11 is 1.42. The molecule has 1 atom stereocenters. The first-order valence-corrected chi connectivity index (χ1v) is 11.0. The van der Waals surface area contributed by atoms with Gasteiger partial charge >= 0.3 is 0 Å². The maximum absolute atomic E-state index is 11.9. The van der Waals surface area contributed by atoms with Crippen molar-refractivity contribution in [2.45, 2.75) is 11.1 Å². The van der Waals surface area contributed by atoms with Crippen LogP contribution in [-0.2, 0) is 0 Å². The predicted octanol–water partition coefficient (Wildman–Crippen LogP) is 3.25. The average Bonchev–Trinajstić information content (AvgIpc) is 3.18. The molecule has 0 amide bonds. The summed E-state index contributed by atoms with van der Waals surface area (Å²) in [4.78, 5) is 0.430. The van der Waals surface area contributed by atoms with E-state index in [0.29, 0.717) is 34.5 Å². The molecule has 7 nitrogen and oxygen atoms in total. The number of benzene rings is 3. The van der Waals surface area contributed by atoms with Crippen molar-refractivity contribution in [3.63, 3.8) is 0 Å². The van der Waals surface area contributed by atoms with Gasteiger partial charge in [0, 0.05) is 29.8 Å². The molecule has 1 heterocycles. The predicted molar refractivity (Wildman–Crippen MR) is 120 cm³/mol. The highest BCUT2D eigenvalue weighted by Crippen LogP contribution is 2.27. The zero-order chi connectivity index (χ0) is 21.5. The Balaban J connectivity index is 1.21. The number of thioether (sulfide) groups is 1. The van der Waals surface area contributed by atoms with Gasteiger partial charge in [0.15, 0.2) is 0 Å². The minimum atomic E-state index is -0.639. The van der Waals surface area contributed by atoms with Crippen LogP contribution < -0.4 is 15.0 Å². The molecule has 0 fully saturated rings. The van der Waals surface area contributed by atoms with Crippen molar-refractivity contribution in [3.8, 4) is 17.0 Å². The maximum Gasteiger partial charge on any atom is 0.282 e. The molecule has 1 aromatic heterocycles. The molecule has 4 aromatic rings. The third kappa shape index (κ3) is 5.35. The van der Waals surface area contributed by atoms with E-state index in [0.717, 1.165) is 22.1 Å². The summed E-state index contributed by atoms with van der Waals surface area (Å²) in [7, 11) is 0. The van der Waals surface area contributed by atoms with Gasteiger partial charge in [0.25, 0.3) is 5.03 Å². The van der Waals surface area contributed by atoms with Crippen LogP contribution in [0.2, 0.25) is 0 Å². The lowest BCUT2D eigenvalue weighted by Gasteiger charge is -2.14. The lowest BCUT2D eigenvalue weighted by molar-refractivity contribution is -0.793. The van der Waals surface area contributed by atoms with Gasteiger partial charge in [-0.2, -0.15) is 0 Å². The van der Waals surface area contributed by atoms with Crippen molar-refractivity contribution >= 4 is 22.5 Å². The van der Waals surface area contributed by atoms with Gasteiger partial charge in [0.2, 0.25) is 5.69 Å². The number of ether oxygens (including phenoxy) is 1. The Bertz CT molecular complexity index is 1110. The number of aliphatic hydroxyl groups is 1. The van der Waals surface area contributed by atoms with E-state index in [9.17, 15) is 10.3 Å². The Morgan fingerprint density at radius 1 is 1.06 bits per heavy atom. The number of hydrogen-bond donors (Lipinski definition) is 2. The lowest BCUT2D eigenvalue weighted by Crippen LogP contribution is -2.32. The Morgan fingerprint density at radius 2 is 1.84 bits per heavy atom. The second-order valence-corrected chi connectivity index (χ2v) is 8.03. The Kier molecular flexibility index (Phi) is 7.03. The molecule has 0 radical (unpaired) electrons. The fourth-order valence-corrected chi connectivity index (χ4v) is 4.07. The quantitative estimate of drug-likeness (QED) is 0.223. The third-order valence-corrected chi connectivity index (χ3v) is 5.66. The van der Waals surface area contributed by atoms with Crippen LogP contribution in [0.15, 0.2) is 82.5 Å². The lowest BCUT2D eigenvalue weighted by atomic mass is 10.1. The van der Waals surface area contributed by atoms with Crippen molar-refractivity contribution in [1.82, 2.24) is 10.5 Å². The highest BCUT2D eigenvalue weighted by atomic mass is 32.2. The number of aliphatic hydroxyl groups excluding tert-OH is 1. The summed E-state index contributed by atoms with van der Waals surface area (Å²) in [6.45, 7) is 1.24. The Hall–Kier alpha value is -3.07. The number of aromatic nitrogens is 2. The van der Waals surface area contributed by atoms with E-state index in [1.165, 1.54) is 11.8 Å². The van der Waals surface area contributed by atoms with Gasteiger partial charge in [-0.1, -0.05) is 78.5 Å². The molecule has 1 unspecified atom stereocenters. The van der Waals surface area contributed by atoms with E-state index in [1.54, 1.807) is 0 Å². The van der Waals surface area contributed by atoms with Crippen LogP contribution in [-0.4, -0.2) is 41.8 Å². The molecule has 31 heavy (non-hydrogen) atoms. The van der Waals surface area contributed by atoms with Crippen LogP contribution in [0.3, 0.4) is 0 Å². The standard InChI is InChI=1S/C23H23N3O4S/c27-19(16-29-21-12-6-10-17-7-4-5-11-20(17)21)15-24-13-14-31-23-22(26(28)30-25-23)18-8-2-1-3-9-18/h1-12,19,24,27H,13-16H2. The molecular weight excluding hydrogens is 414 g/mol. The molecule has 0 saturated carbocycles. The van der Waals surface area contributed by atoms with Crippen molar-refractivity contribution in [3.05, 3.63) is 78.0 Å². The third-order valence-electron chi connectivity index (χ3n) is 4.71. The molecule has 8 heteroatoms. The summed E-state index contributed by atoms with van der Waals surface area (Å²) in [5, 5.41) is 31.9. The van der Waals surface area contributed by atoms with Gasteiger partial charge in [-0.3, -0.25) is 4.63 Å². The normalized spacial score (nSPS) is 12.2. The number of hydrogen-bond acceptors (Lipinski definition) is 7. The fraction of sp³-hybridized carbons (Fsp3) is 0.217. The van der Waals surface area contributed by atoms with Gasteiger partial charge < -0.3 is 20.4 Å². The largest absolute Gasteiger partial charge is 0.490 e. The van der Waals surface area contributed by atoms with Gasteiger partial charge in [0.05, 0.1) is 5.16 Å². The van der Waals surface area contributed by atoms with Crippen LogP contribution in [0, 0.1) is 5.21 Å². The topological polar surface area (TPSA) is 94.5 Å². The van der Waals surface area contributed by atoms with Crippen LogP contribution in [0.4, 0.5) is 0 Å². The summed E-state index contributed by atoms with van der Waals surface area (Å²) < 4.78 is 10.6. The van der Waals surface area contributed by atoms with Gasteiger partial charge in [-0.05, 0) is 16.4 Å². The molecule has 0 aliphatic carbocycles. The number of rotatable bonds is 10. The first-order valence-electron chi connectivity index (χ1n) is 9.99. The molecule has 2 N–H and O–H groups in total. The van der Waals surface area contributed by atoms with Gasteiger partial charge in [0.1, 0.15) is 18.5 Å². The number of nitrogens with zero attached hydrogens (tertiary/aromatic N) is 2. The average molecular weight is 438 g/mol. The SMILES string of the molecule is [O-][n+]1onc(SCCNCC(O)COc2cccc3ccccc23)c1-c1ccccc1. The van der Waals surface area contributed by atoms with Gasteiger partial charge in [-0.15, -0.1) is 0 Å². The molecule has 0 spiro atoms. The second-order valence-electron chi connectivity index (χ2n) is 6.94. The second kappa shape index (κ2) is 10.3. The van der Waals surface area contributed by atoms with Crippen LogP contribution in [0.25, 0.3) is 22.0 Å². The van der Waals surface area contributed by atoms with Crippen molar-refractivity contribution in [2.75, 3.05) is 25.4 Å². The molecule has 3 aromatic carbocycles. The summed E-state index contributed by atoms with van der Waals surface area (Å²) in [5.41, 5.74) is 1.17. The van der Waals surface area contributed by atoms with Crippen molar-refractivity contribution in [1.29, 1.82) is 0 Å². The minimum Gasteiger partial charge on any atom is -0.490 e. The van der Waals surface area contributed by atoms with E-state index in [2.05, 4.69) is 10.5 Å². The maximum atomic E-state index is 11.9. The summed E-state index contributed by atoms with van der Waals surface area (Å²) in [6.07, 6.45) is -0.639. The molecule has 0 saturated heterocycles. The van der Waals surface area contributed by atoms with E-state index in [4.69, 9.17) is 9.37 Å². The highest BCUT2D eigenvalue weighted by molar-refractivity contribution is 7.99. The molecule has 160 valence electrons. The first kappa shape index (κ1) is 21.2. The van der Waals surface area contributed by atoms with Crippen molar-refractivity contribution < 1.29 is 19.4 Å². The monoisotopic (exact) mass is 437 g/mol. The number of fused-ring (bicyclic) bond motifs is 1. The highest BCUT2D eigenvalue weighted by Gasteiger charge is 2.21. The van der Waals surface area contributed by atoms with Crippen LogP contribution in [0.5, 0.6) is 5.75 Å². The molecule has 0 aliphatic rings. The van der Waals surface area contributed by atoms with E-state index in [-0.39, 0.29) is 6.61 Å². The first-order chi connectivity index (χ1) is 15.2. The van der Waals surface area contributed by atoms with E-state index >= 15 is 0 Å². The minimum absolute atomic E-state index is 0.200. The number of nitrogens with one attached hydrogen (secondary N) is 1. The molecule has 0 bridgehead atoms. The molecular formula is C23H23N3O4S. The summed E-state index contributed by atoms with van der Waals surface area (Å²) in [6, 6.07) is 23.2. The van der Waals surface area contributed by atoms with E-state index in [1.807, 2.05) is 72.8 Å². The van der Waals surface area contributed by atoms with E-state index < -0.39 is 6.10 Å². The Labute approximate surface area is 184 Å². The zero-order valence-electron chi connectivity index (χ0n) is 16.8. The van der Waals surface area contributed by atoms with Crippen LogP contribution in [0.1, 0.15) is 0 Å². The summed E-state index contributed by atoms with van der Waals surface area (Å²) in [5.74, 6) is 1.43. The molecule has 0 aliphatic heterocycles. The van der Waals surface area contributed by atoms with Gasteiger partial charge in [-0.25, -0.2) is 0 Å². The smallest absolute Gasteiger partial charge is 0.282 e.